The number of halogens is 1. The Kier molecular flexibility index (Phi) is 4.48. The highest BCUT2D eigenvalue weighted by Crippen LogP contribution is 2.24. The largest absolute Gasteiger partial charge is 0.399 e. The molecule has 3 N–H and O–H groups in total. The molecule has 1 atom stereocenters. The molecule has 0 bridgehead atoms. The monoisotopic (exact) mass is 357 g/mol. The Labute approximate surface area is 139 Å². The summed E-state index contributed by atoms with van der Waals surface area (Å²) in [7, 11) is 0. The van der Waals surface area contributed by atoms with Gasteiger partial charge in [0.1, 0.15) is 0 Å². The zero-order chi connectivity index (χ0) is 15.5. The maximum Gasteiger partial charge on any atom is 0.0730 e. The van der Waals surface area contributed by atoms with Gasteiger partial charge in [-0.15, -0.1) is 0 Å². The standard InChI is InChI=1S/C18H20BrN3/c1-2-14(19)7-8-21-16-6-4-13-9-12-3-5-15(20)10-17(12)22-18(13)11-16/h3-6,9-11,14,21H,2,7-8,20H2,1H3. The van der Waals surface area contributed by atoms with Crippen molar-refractivity contribution in [3.05, 3.63) is 42.5 Å². The molecule has 2 aromatic carbocycles. The fourth-order valence-corrected chi connectivity index (χ4v) is 2.76. The van der Waals surface area contributed by atoms with Crippen LogP contribution < -0.4 is 11.1 Å². The van der Waals surface area contributed by atoms with E-state index in [2.05, 4.69) is 52.4 Å². The number of nitrogen functional groups attached to an aromatic ring is 1. The van der Waals surface area contributed by atoms with E-state index >= 15 is 0 Å². The molecule has 0 amide bonds. The number of rotatable bonds is 5. The van der Waals surface area contributed by atoms with E-state index in [1.807, 2.05) is 18.2 Å². The number of nitrogens with two attached hydrogens (primary N) is 1. The smallest absolute Gasteiger partial charge is 0.0730 e. The molecule has 4 heteroatoms. The zero-order valence-corrected chi connectivity index (χ0v) is 14.2. The summed E-state index contributed by atoms with van der Waals surface area (Å²) in [6.07, 6.45) is 2.25. The molecule has 3 aromatic rings. The van der Waals surface area contributed by atoms with Crippen LogP contribution in [0.2, 0.25) is 0 Å². The highest BCUT2D eigenvalue weighted by molar-refractivity contribution is 9.09. The molecular weight excluding hydrogens is 338 g/mol. The molecule has 0 saturated heterocycles. The van der Waals surface area contributed by atoms with Gasteiger partial charge >= 0.3 is 0 Å². The van der Waals surface area contributed by atoms with Crippen LogP contribution in [0.3, 0.4) is 0 Å². The fraction of sp³-hybridized carbons (Fsp3) is 0.278. The first-order valence-electron chi connectivity index (χ1n) is 7.63. The number of hydrogen-bond donors (Lipinski definition) is 2. The van der Waals surface area contributed by atoms with E-state index in [4.69, 9.17) is 10.7 Å². The van der Waals surface area contributed by atoms with E-state index in [0.29, 0.717) is 4.83 Å². The lowest BCUT2D eigenvalue weighted by atomic mass is 10.1. The number of aromatic nitrogens is 1. The molecule has 1 heterocycles. The molecule has 0 radical (unpaired) electrons. The first-order valence-corrected chi connectivity index (χ1v) is 8.55. The van der Waals surface area contributed by atoms with Gasteiger partial charge in [-0.05, 0) is 43.2 Å². The number of alkyl halides is 1. The summed E-state index contributed by atoms with van der Waals surface area (Å²) in [5, 5.41) is 5.73. The fourth-order valence-electron chi connectivity index (χ4n) is 2.53. The summed E-state index contributed by atoms with van der Waals surface area (Å²) < 4.78 is 0. The third-order valence-corrected chi connectivity index (χ3v) is 4.97. The Balaban J connectivity index is 1.86. The Morgan fingerprint density at radius 2 is 1.82 bits per heavy atom. The third kappa shape index (κ3) is 3.33. The summed E-state index contributed by atoms with van der Waals surface area (Å²) in [5.41, 5.74) is 9.64. The maximum absolute atomic E-state index is 5.85. The third-order valence-electron chi connectivity index (χ3n) is 3.87. The van der Waals surface area contributed by atoms with Gasteiger partial charge in [-0.25, -0.2) is 4.98 Å². The quantitative estimate of drug-likeness (QED) is 0.386. The van der Waals surface area contributed by atoms with Crippen LogP contribution in [0.1, 0.15) is 19.8 Å². The minimum atomic E-state index is 0.575. The average Bonchev–Trinajstić information content (AvgIpc) is 2.52. The number of nitrogens with zero attached hydrogens (tertiary/aromatic N) is 1. The van der Waals surface area contributed by atoms with Gasteiger partial charge in [0.05, 0.1) is 11.0 Å². The average molecular weight is 358 g/mol. The van der Waals surface area contributed by atoms with Crippen LogP contribution in [0.5, 0.6) is 0 Å². The lowest BCUT2D eigenvalue weighted by Gasteiger charge is -2.10. The number of pyridine rings is 1. The van der Waals surface area contributed by atoms with Gasteiger partial charge in [0.25, 0.3) is 0 Å². The van der Waals surface area contributed by atoms with Crippen molar-refractivity contribution in [1.82, 2.24) is 4.98 Å². The highest BCUT2D eigenvalue weighted by Gasteiger charge is 2.03. The topological polar surface area (TPSA) is 50.9 Å². The SMILES string of the molecule is CCC(Br)CCNc1ccc2cc3ccc(N)cc3nc2c1. The van der Waals surface area contributed by atoms with E-state index in [-0.39, 0.29) is 0 Å². The zero-order valence-electron chi connectivity index (χ0n) is 12.6. The van der Waals surface area contributed by atoms with Crippen LogP contribution >= 0.6 is 15.9 Å². The van der Waals surface area contributed by atoms with Crippen LogP contribution in [0.4, 0.5) is 11.4 Å². The molecule has 0 aliphatic carbocycles. The van der Waals surface area contributed by atoms with Crippen LogP contribution in [0, 0.1) is 0 Å². The first kappa shape index (κ1) is 15.1. The second-order valence-corrected chi connectivity index (χ2v) is 6.86. The van der Waals surface area contributed by atoms with Gasteiger partial charge in [0.2, 0.25) is 0 Å². The van der Waals surface area contributed by atoms with E-state index in [9.17, 15) is 0 Å². The lowest BCUT2D eigenvalue weighted by molar-refractivity contribution is 0.775. The summed E-state index contributed by atoms with van der Waals surface area (Å²) in [5.74, 6) is 0. The lowest BCUT2D eigenvalue weighted by Crippen LogP contribution is -2.07. The Hall–Kier alpha value is -1.81. The van der Waals surface area contributed by atoms with Gasteiger partial charge in [-0.1, -0.05) is 35.0 Å². The molecular formula is C18H20BrN3. The molecule has 0 fully saturated rings. The van der Waals surface area contributed by atoms with Crippen LogP contribution in [0.25, 0.3) is 21.8 Å². The molecule has 3 nitrogen and oxygen atoms in total. The second-order valence-electron chi connectivity index (χ2n) is 5.57. The Morgan fingerprint density at radius 3 is 2.59 bits per heavy atom. The Morgan fingerprint density at radius 1 is 1.09 bits per heavy atom. The van der Waals surface area contributed by atoms with Gasteiger partial charge in [0, 0.05) is 33.5 Å². The van der Waals surface area contributed by atoms with Crippen molar-refractivity contribution >= 4 is 49.1 Å². The van der Waals surface area contributed by atoms with Crippen LogP contribution in [-0.2, 0) is 0 Å². The van der Waals surface area contributed by atoms with E-state index in [0.717, 1.165) is 52.6 Å². The van der Waals surface area contributed by atoms with Crippen LogP contribution in [-0.4, -0.2) is 16.4 Å². The van der Waals surface area contributed by atoms with Gasteiger partial charge in [0.15, 0.2) is 0 Å². The molecule has 1 aromatic heterocycles. The number of fused-ring (bicyclic) bond motifs is 2. The number of anilines is 2. The number of benzene rings is 2. The molecule has 0 saturated carbocycles. The molecule has 0 aliphatic rings. The van der Waals surface area contributed by atoms with E-state index < -0.39 is 0 Å². The first-order chi connectivity index (χ1) is 10.7. The predicted octanol–water partition coefficient (Wildman–Crippen LogP) is 4.95. The second kappa shape index (κ2) is 6.53. The van der Waals surface area contributed by atoms with Crippen molar-refractivity contribution in [3.8, 4) is 0 Å². The Bertz CT molecular complexity index is 801. The molecule has 114 valence electrons. The van der Waals surface area contributed by atoms with Crippen molar-refractivity contribution in [3.63, 3.8) is 0 Å². The summed E-state index contributed by atoms with van der Waals surface area (Å²) in [6, 6.07) is 14.3. The van der Waals surface area contributed by atoms with Crippen molar-refractivity contribution in [1.29, 1.82) is 0 Å². The van der Waals surface area contributed by atoms with Crippen molar-refractivity contribution in [2.24, 2.45) is 0 Å². The molecule has 0 aliphatic heterocycles. The van der Waals surface area contributed by atoms with Crippen molar-refractivity contribution in [2.75, 3.05) is 17.6 Å². The van der Waals surface area contributed by atoms with Crippen molar-refractivity contribution in [2.45, 2.75) is 24.6 Å². The van der Waals surface area contributed by atoms with E-state index in [1.165, 1.54) is 0 Å². The summed E-state index contributed by atoms with van der Waals surface area (Å²) in [6.45, 7) is 3.14. The van der Waals surface area contributed by atoms with E-state index in [1.54, 1.807) is 0 Å². The normalized spacial score (nSPS) is 12.6. The maximum atomic E-state index is 5.85. The molecule has 3 rings (SSSR count). The number of nitrogens with one attached hydrogen (secondary N) is 1. The minimum Gasteiger partial charge on any atom is -0.399 e. The van der Waals surface area contributed by atoms with Crippen LogP contribution in [0.15, 0.2) is 42.5 Å². The highest BCUT2D eigenvalue weighted by atomic mass is 79.9. The van der Waals surface area contributed by atoms with Gasteiger partial charge < -0.3 is 11.1 Å². The van der Waals surface area contributed by atoms with Crippen molar-refractivity contribution < 1.29 is 0 Å². The van der Waals surface area contributed by atoms with Gasteiger partial charge in [-0.2, -0.15) is 0 Å². The minimum absolute atomic E-state index is 0.575. The summed E-state index contributed by atoms with van der Waals surface area (Å²) >= 11 is 3.66. The predicted molar refractivity (Wildman–Crippen MR) is 99.8 cm³/mol. The molecule has 1 unspecified atom stereocenters. The number of hydrogen-bond acceptors (Lipinski definition) is 3. The molecule has 0 spiro atoms. The summed E-state index contributed by atoms with van der Waals surface area (Å²) in [4.78, 5) is 5.30. The van der Waals surface area contributed by atoms with Gasteiger partial charge in [-0.3, -0.25) is 0 Å². The molecule has 22 heavy (non-hydrogen) atoms.